The molecule has 0 atom stereocenters. The Morgan fingerprint density at radius 2 is 1.74 bits per heavy atom. The number of fused-ring (bicyclic) bond motifs is 1. The lowest BCUT2D eigenvalue weighted by atomic mass is 10.2. The first kappa shape index (κ1) is 18.7. The molecule has 1 aromatic heterocycles. The molecule has 0 saturated carbocycles. The van der Waals surface area contributed by atoms with E-state index in [4.69, 9.17) is 9.47 Å². The van der Waals surface area contributed by atoms with Crippen LogP contribution in [0, 0.1) is 0 Å². The molecular formula is C19H22N4O4. The Balaban J connectivity index is 1.65. The van der Waals surface area contributed by atoms with Gasteiger partial charge in [-0.25, -0.2) is 4.98 Å². The number of hydrogen-bond acceptors (Lipinski definition) is 6. The molecule has 2 amide bonds. The number of ether oxygens (including phenoxy) is 2. The van der Waals surface area contributed by atoms with Crippen LogP contribution in [-0.4, -0.2) is 62.1 Å². The summed E-state index contributed by atoms with van der Waals surface area (Å²) in [6, 6.07) is 9.93. The number of rotatable bonds is 6. The first-order valence-electron chi connectivity index (χ1n) is 8.64. The van der Waals surface area contributed by atoms with Gasteiger partial charge in [0.05, 0.1) is 0 Å². The molecule has 2 heterocycles. The number of anilines is 1. The molecule has 2 aromatic rings. The number of hydrogen-bond donors (Lipinski definition) is 2. The zero-order chi connectivity index (χ0) is 19.2. The number of pyridine rings is 1. The van der Waals surface area contributed by atoms with Crippen LogP contribution in [0.2, 0.25) is 0 Å². The average molecular weight is 370 g/mol. The first-order chi connectivity index (χ1) is 13.0. The Labute approximate surface area is 157 Å². The van der Waals surface area contributed by atoms with Crippen molar-refractivity contribution in [1.29, 1.82) is 0 Å². The Bertz CT molecular complexity index is 838. The van der Waals surface area contributed by atoms with Crippen LogP contribution in [-0.2, 0) is 0 Å². The summed E-state index contributed by atoms with van der Waals surface area (Å²) in [5.41, 5.74) is 0.917. The Kier molecular flexibility index (Phi) is 5.87. The lowest BCUT2D eigenvalue weighted by Crippen LogP contribution is -2.32. The minimum absolute atomic E-state index is 0.158. The molecule has 1 aliphatic rings. The van der Waals surface area contributed by atoms with Crippen molar-refractivity contribution in [2.75, 3.05) is 45.7 Å². The van der Waals surface area contributed by atoms with Gasteiger partial charge >= 0.3 is 0 Å². The van der Waals surface area contributed by atoms with Crippen LogP contribution < -0.4 is 20.1 Å². The van der Waals surface area contributed by atoms with Crippen LogP contribution in [0.15, 0.2) is 36.4 Å². The van der Waals surface area contributed by atoms with E-state index in [2.05, 4.69) is 15.6 Å². The van der Waals surface area contributed by atoms with E-state index in [9.17, 15) is 9.59 Å². The van der Waals surface area contributed by atoms with E-state index in [-0.39, 0.29) is 17.3 Å². The number of nitrogens with zero attached hydrogens (tertiary/aromatic N) is 2. The maximum atomic E-state index is 12.5. The van der Waals surface area contributed by atoms with Crippen LogP contribution in [0.1, 0.15) is 21.0 Å². The van der Waals surface area contributed by atoms with Crippen molar-refractivity contribution >= 4 is 17.5 Å². The molecule has 8 heteroatoms. The summed E-state index contributed by atoms with van der Waals surface area (Å²) in [5, 5.41) is 5.53. The third-order valence-corrected chi connectivity index (χ3v) is 3.86. The molecule has 8 nitrogen and oxygen atoms in total. The van der Waals surface area contributed by atoms with E-state index < -0.39 is 5.91 Å². The first-order valence-corrected chi connectivity index (χ1v) is 8.64. The monoisotopic (exact) mass is 370 g/mol. The highest BCUT2D eigenvalue weighted by molar-refractivity contribution is 6.04. The van der Waals surface area contributed by atoms with Gasteiger partial charge in [-0.3, -0.25) is 9.59 Å². The second-order valence-corrected chi connectivity index (χ2v) is 6.28. The molecule has 0 aliphatic carbocycles. The van der Waals surface area contributed by atoms with E-state index in [1.54, 1.807) is 36.4 Å². The average Bonchev–Trinajstić information content (AvgIpc) is 2.67. The van der Waals surface area contributed by atoms with Crippen molar-refractivity contribution in [2.24, 2.45) is 0 Å². The third-order valence-electron chi connectivity index (χ3n) is 3.86. The van der Waals surface area contributed by atoms with E-state index in [0.717, 1.165) is 6.54 Å². The smallest absolute Gasteiger partial charge is 0.274 e. The zero-order valence-electron chi connectivity index (χ0n) is 15.3. The number of nitrogens with one attached hydrogen (secondary N) is 2. The Morgan fingerprint density at radius 1 is 1.04 bits per heavy atom. The summed E-state index contributed by atoms with van der Waals surface area (Å²) in [5.74, 6) is 0.509. The minimum atomic E-state index is -0.408. The molecule has 2 N–H and O–H groups in total. The van der Waals surface area contributed by atoms with Crippen molar-refractivity contribution in [3.05, 3.63) is 47.8 Å². The van der Waals surface area contributed by atoms with Gasteiger partial charge in [-0.05, 0) is 38.4 Å². The molecule has 0 unspecified atom stereocenters. The highest BCUT2D eigenvalue weighted by atomic mass is 16.6. The van der Waals surface area contributed by atoms with Crippen molar-refractivity contribution in [1.82, 2.24) is 15.2 Å². The quantitative estimate of drug-likeness (QED) is 0.798. The van der Waals surface area contributed by atoms with Gasteiger partial charge in [0.1, 0.15) is 24.6 Å². The molecule has 1 aliphatic heterocycles. The van der Waals surface area contributed by atoms with Gasteiger partial charge in [-0.1, -0.05) is 6.07 Å². The number of carbonyl (C=O) groups excluding carboxylic acids is 2. The standard InChI is InChI=1S/C19H22N4O4/c1-23(2)9-8-20-18(24)14-4-3-5-15(22-14)19(25)21-13-6-7-16-17(12-13)27-11-10-26-16/h3-7,12H,8-11H2,1-2H3,(H,20,24)(H,21,25). The maximum absolute atomic E-state index is 12.5. The van der Waals surface area contributed by atoms with E-state index in [0.29, 0.717) is 36.9 Å². The van der Waals surface area contributed by atoms with Crippen molar-refractivity contribution in [2.45, 2.75) is 0 Å². The van der Waals surface area contributed by atoms with Crippen molar-refractivity contribution < 1.29 is 19.1 Å². The molecule has 1 aromatic carbocycles. The lowest BCUT2D eigenvalue weighted by molar-refractivity contribution is 0.0946. The van der Waals surface area contributed by atoms with Crippen LogP contribution in [0.5, 0.6) is 11.5 Å². The summed E-state index contributed by atoms with van der Waals surface area (Å²) >= 11 is 0. The van der Waals surface area contributed by atoms with E-state index in [1.807, 2.05) is 19.0 Å². The predicted molar refractivity (Wildman–Crippen MR) is 101 cm³/mol. The van der Waals surface area contributed by atoms with Gasteiger partial charge in [-0.2, -0.15) is 0 Å². The normalized spacial score (nSPS) is 12.6. The molecule has 0 bridgehead atoms. The molecular weight excluding hydrogens is 348 g/mol. The topological polar surface area (TPSA) is 92.8 Å². The van der Waals surface area contributed by atoms with Crippen LogP contribution in [0.4, 0.5) is 5.69 Å². The fourth-order valence-electron chi connectivity index (χ4n) is 2.49. The number of likely N-dealkylation sites (N-methyl/N-ethyl adjacent to an activating group) is 1. The largest absolute Gasteiger partial charge is 0.486 e. The highest BCUT2D eigenvalue weighted by Gasteiger charge is 2.15. The number of amides is 2. The Morgan fingerprint density at radius 3 is 2.48 bits per heavy atom. The van der Waals surface area contributed by atoms with E-state index >= 15 is 0 Å². The molecule has 0 saturated heterocycles. The SMILES string of the molecule is CN(C)CCNC(=O)c1cccc(C(=O)Nc2ccc3c(c2)OCCO3)n1. The molecule has 142 valence electrons. The van der Waals surface area contributed by atoms with Gasteiger partial charge in [-0.15, -0.1) is 0 Å². The summed E-state index contributed by atoms with van der Waals surface area (Å²) < 4.78 is 11.0. The fraction of sp³-hybridized carbons (Fsp3) is 0.316. The number of benzene rings is 1. The third kappa shape index (κ3) is 4.95. The Hall–Kier alpha value is -3.13. The molecule has 3 rings (SSSR count). The summed E-state index contributed by atoms with van der Waals surface area (Å²) in [6.45, 7) is 2.19. The maximum Gasteiger partial charge on any atom is 0.274 e. The van der Waals surface area contributed by atoms with E-state index in [1.165, 1.54) is 0 Å². The molecule has 0 fully saturated rings. The summed E-state index contributed by atoms with van der Waals surface area (Å²) in [7, 11) is 3.85. The summed E-state index contributed by atoms with van der Waals surface area (Å²) in [4.78, 5) is 30.8. The number of carbonyl (C=O) groups is 2. The minimum Gasteiger partial charge on any atom is -0.486 e. The van der Waals surface area contributed by atoms with Gasteiger partial charge in [0.2, 0.25) is 0 Å². The van der Waals surface area contributed by atoms with Gasteiger partial charge in [0, 0.05) is 24.8 Å². The van der Waals surface area contributed by atoms with Crippen molar-refractivity contribution in [3.8, 4) is 11.5 Å². The summed E-state index contributed by atoms with van der Waals surface area (Å²) in [6.07, 6.45) is 0. The van der Waals surface area contributed by atoms with Gasteiger partial charge in [0.25, 0.3) is 11.8 Å². The highest BCUT2D eigenvalue weighted by Crippen LogP contribution is 2.32. The number of aromatic nitrogens is 1. The second-order valence-electron chi connectivity index (χ2n) is 6.28. The van der Waals surface area contributed by atoms with Crippen LogP contribution in [0.3, 0.4) is 0 Å². The van der Waals surface area contributed by atoms with Crippen LogP contribution >= 0.6 is 0 Å². The molecule has 0 radical (unpaired) electrons. The predicted octanol–water partition coefficient (Wildman–Crippen LogP) is 1.40. The fourth-order valence-corrected chi connectivity index (χ4v) is 2.49. The molecule has 27 heavy (non-hydrogen) atoms. The second kappa shape index (κ2) is 8.50. The zero-order valence-corrected chi connectivity index (χ0v) is 15.3. The molecule has 0 spiro atoms. The lowest BCUT2D eigenvalue weighted by Gasteiger charge is -2.19. The van der Waals surface area contributed by atoms with Gasteiger partial charge < -0.3 is 25.0 Å². The van der Waals surface area contributed by atoms with Crippen LogP contribution in [0.25, 0.3) is 0 Å². The van der Waals surface area contributed by atoms with Crippen molar-refractivity contribution in [3.63, 3.8) is 0 Å². The van der Waals surface area contributed by atoms with Gasteiger partial charge in [0.15, 0.2) is 11.5 Å².